The second-order valence-corrected chi connectivity index (χ2v) is 10.8. The normalized spacial score (nSPS) is 12.4. The van der Waals surface area contributed by atoms with E-state index in [4.69, 9.17) is 16.0 Å². The first-order valence-electron chi connectivity index (χ1n) is 13.4. The highest BCUT2D eigenvalue weighted by Gasteiger charge is 2.35. The fourth-order valence-corrected chi connectivity index (χ4v) is 5.16. The lowest BCUT2D eigenvalue weighted by molar-refractivity contribution is -0.130. The molecule has 1 aliphatic rings. The summed E-state index contributed by atoms with van der Waals surface area (Å²) in [5.41, 5.74) is 7.51. The van der Waals surface area contributed by atoms with Crippen molar-refractivity contribution in [3.8, 4) is 22.6 Å². The van der Waals surface area contributed by atoms with E-state index in [1.807, 2.05) is 17.0 Å². The molecule has 0 saturated heterocycles. The maximum atomic E-state index is 12.3. The Morgan fingerprint density at radius 3 is 2.07 bits per heavy atom. The van der Waals surface area contributed by atoms with Crippen molar-refractivity contribution in [2.45, 2.75) is 33.1 Å². The van der Waals surface area contributed by atoms with Gasteiger partial charge in [0.1, 0.15) is 11.5 Å². The van der Waals surface area contributed by atoms with Gasteiger partial charge in [-0.15, -0.1) is 0 Å². The van der Waals surface area contributed by atoms with E-state index in [-0.39, 0.29) is 22.4 Å². The minimum atomic E-state index is -0.600. The molecule has 0 saturated carbocycles. The lowest BCUT2D eigenvalue weighted by atomic mass is 9.82. The van der Waals surface area contributed by atoms with Crippen LogP contribution in [0.4, 0.5) is 22.7 Å². The lowest BCUT2D eigenvalue weighted by Gasteiger charge is -2.28. The third kappa shape index (κ3) is 5.09. The maximum absolute atomic E-state index is 12.3. The van der Waals surface area contributed by atoms with Crippen LogP contribution in [0.25, 0.3) is 16.0 Å². The summed E-state index contributed by atoms with van der Waals surface area (Å²) in [7, 11) is 0. The summed E-state index contributed by atoms with van der Waals surface area (Å²) in [5.74, 6) is -0.611. The quantitative estimate of drug-likeness (QED) is 0.0987. The highest BCUT2D eigenvalue weighted by Crippen LogP contribution is 2.51. The summed E-state index contributed by atoms with van der Waals surface area (Å²) in [6.07, 6.45) is 0. The zero-order valence-corrected chi connectivity index (χ0v) is 24.0. The van der Waals surface area contributed by atoms with Crippen LogP contribution < -0.4 is 14.4 Å². The third-order valence-corrected chi connectivity index (χ3v) is 7.33. The number of rotatable bonds is 7. The summed E-state index contributed by atoms with van der Waals surface area (Å²) >= 11 is 0. The molecule has 42 heavy (non-hydrogen) atoms. The fraction of sp³-hybridized carbons (Fsp3) is 0.139. The van der Waals surface area contributed by atoms with Crippen LogP contribution in [-0.2, 0) is 15.0 Å². The van der Waals surface area contributed by atoms with Gasteiger partial charge in [0.15, 0.2) is 0 Å². The molecule has 4 aromatic rings. The van der Waals surface area contributed by atoms with Crippen molar-refractivity contribution in [2.75, 3.05) is 4.90 Å². The van der Waals surface area contributed by atoms with Crippen LogP contribution in [0.3, 0.4) is 0 Å². The zero-order chi connectivity index (χ0) is 30.2. The summed E-state index contributed by atoms with van der Waals surface area (Å²) < 4.78 is 11.0. The van der Waals surface area contributed by atoms with Crippen molar-refractivity contribution in [3.63, 3.8) is 0 Å². The molecule has 0 aliphatic heterocycles. The Kier molecular flexibility index (Phi) is 7.28. The van der Waals surface area contributed by atoms with E-state index < -0.39 is 11.9 Å². The molecule has 5 rings (SSSR count). The molecule has 0 amide bonds. The number of carbonyl (C=O) groups is 2. The second-order valence-electron chi connectivity index (χ2n) is 10.8. The number of hydrogen-bond donors (Lipinski definition) is 0. The molecular weight excluding hydrogens is 524 g/mol. The minimum absolute atomic E-state index is 0.149. The van der Waals surface area contributed by atoms with Crippen molar-refractivity contribution >= 4 is 34.7 Å². The molecule has 0 unspecified atom stereocenters. The Morgan fingerprint density at radius 1 is 0.738 bits per heavy atom. The molecule has 0 atom stereocenters. The molecule has 0 aromatic heterocycles. The predicted molar refractivity (Wildman–Crippen MR) is 166 cm³/mol. The fourth-order valence-electron chi connectivity index (χ4n) is 5.16. The molecule has 1 aliphatic carbocycles. The first-order valence-corrected chi connectivity index (χ1v) is 13.4. The van der Waals surface area contributed by atoms with Crippen LogP contribution in [0.15, 0.2) is 109 Å². The van der Waals surface area contributed by atoms with E-state index in [9.17, 15) is 9.59 Å². The van der Waals surface area contributed by atoms with Crippen molar-refractivity contribution in [2.24, 2.45) is 0 Å². The van der Waals surface area contributed by atoms with E-state index >= 15 is 0 Å². The predicted octanol–water partition coefficient (Wildman–Crippen LogP) is 8.98. The Hall–Kier alpha value is -5.41. The second kappa shape index (κ2) is 10.9. The number of benzene rings is 4. The summed E-state index contributed by atoms with van der Waals surface area (Å²) in [4.78, 5) is 30.1. The largest absolute Gasteiger partial charge is 0.435 e. The van der Waals surface area contributed by atoms with Crippen LogP contribution in [0, 0.1) is 6.57 Å². The average molecular weight is 555 g/mol. The number of carbonyl (C=O) groups excluding carboxylic acids is 2. The van der Waals surface area contributed by atoms with Crippen molar-refractivity contribution in [1.82, 2.24) is 0 Å². The third-order valence-electron chi connectivity index (χ3n) is 7.33. The van der Waals surface area contributed by atoms with Gasteiger partial charge in [0.2, 0.25) is 5.69 Å². The van der Waals surface area contributed by atoms with Crippen LogP contribution in [-0.4, -0.2) is 11.9 Å². The maximum Gasteiger partial charge on any atom is 0.338 e. The molecule has 0 radical (unpaired) electrons. The number of fused-ring (bicyclic) bond motifs is 3. The van der Waals surface area contributed by atoms with Crippen LogP contribution in [0.1, 0.15) is 38.8 Å². The van der Waals surface area contributed by atoms with Gasteiger partial charge in [-0.25, -0.2) is 14.4 Å². The molecule has 6 nitrogen and oxygen atoms in total. The lowest BCUT2D eigenvalue weighted by Crippen LogP contribution is -2.16. The van der Waals surface area contributed by atoms with Gasteiger partial charge in [-0.3, -0.25) is 0 Å². The number of nitrogens with zero attached hydrogens (tertiary/aromatic N) is 2. The van der Waals surface area contributed by atoms with Crippen molar-refractivity contribution in [1.29, 1.82) is 0 Å². The summed E-state index contributed by atoms with van der Waals surface area (Å²) in [5, 5.41) is 0. The first-order chi connectivity index (χ1) is 20.0. The van der Waals surface area contributed by atoms with E-state index in [1.54, 1.807) is 50.2 Å². The van der Waals surface area contributed by atoms with Crippen molar-refractivity contribution in [3.05, 3.63) is 132 Å². The highest BCUT2D eigenvalue weighted by atomic mass is 16.5. The standard InChI is InChI=1S/C36H30N2O4/c1-22(2)34(39)41-27-12-10-11-24(19-27)38(26-16-18-33(32(21-26)37-7)42-35(40)23(3)4)25-15-17-29-28-13-8-9-14-30(28)36(5,6)31(29)20-25/h8-21H,1,3H2,2,4-6H3. The van der Waals surface area contributed by atoms with Gasteiger partial charge < -0.3 is 14.4 Å². The van der Waals surface area contributed by atoms with E-state index in [0.717, 1.165) is 5.69 Å². The SMILES string of the molecule is [C-]#[N+]c1cc(N(c2cccc(OC(=O)C(=C)C)c2)c2ccc3c(c2)C(C)(C)c2ccccc2-3)ccc1OC(=O)C(=C)C. The van der Waals surface area contributed by atoms with Gasteiger partial charge in [0.25, 0.3) is 0 Å². The monoisotopic (exact) mass is 554 g/mol. The topological polar surface area (TPSA) is 60.2 Å². The number of hydrogen-bond acceptors (Lipinski definition) is 5. The molecule has 0 spiro atoms. The van der Waals surface area contributed by atoms with E-state index in [1.165, 1.54) is 22.3 Å². The van der Waals surface area contributed by atoms with Crippen molar-refractivity contribution < 1.29 is 19.1 Å². The van der Waals surface area contributed by atoms with Crippen LogP contribution in [0.2, 0.25) is 0 Å². The molecule has 208 valence electrons. The molecule has 0 heterocycles. The number of anilines is 3. The van der Waals surface area contributed by atoms with E-state index in [0.29, 0.717) is 22.7 Å². The Balaban J connectivity index is 1.66. The Bertz CT molecular complexity index is 1830. The van der Waals surface area contributed by atoms with E-state index in [2.05, 4.69) is 68.2 Å². The average Bonchev–Trinajstić information content (AvgIpc) is 3.20. The van der Waals surface area contributed by atoms with Gasteiger partial charge in [0.05, 0.1) is 6.57 Å². The Labute approximate surface area is 246 Å². The number of esters is 2. The molecule has 6 heteroatoms. The first kappa shape index (κ1) is 28.1. The molecule has 0 bridgehead atoms. The number of ether oxygens (including phenoxy) is 2. The molecule has 0 N–H and O–H groups in total. The Morgan fingerprint density at radius 2 is 1.36 bits per heavy atom. The highest BCUT2D eigenvalue weighted by molar-refractivity contribution is 5.91. The van der Waals surface area contributed by atoms with Gasteiger partial charge in [-0.2, -0.15) is 0 Å². The molecular formula is C36H30N2O4. The van der Waals surface area contributed by atoms with Gasteiger partial charge in [-0.05, 0) is 78.6 Å². The summed E-state index contributed by atoms with van der Waals surface area (Å²) in [6.45, 7) is 22.7. The smallest absolute Gasteiger partial charge is 0.338 e. The van der Waals surface area contributed by atoms with Crippen LogP contribution >= 0.6 is 0 Å². The van der Waals surface area contributed by atoms with Crippen LogP contribution in [0.5, 0.6) is 11.5 Å². The van der Waals surface area contributed by atoms with Gasteiger partial charge in [-0.1, -0.05) is 63.4 Å². The molecule has 4 aromatic carbocycles. The minimum Gasteiger partial charge on any atom is -0.435 e. The zero-order valence-electron chi connectivity index (χ0n) is 24.0. The van der Waals surface area contributed by atoms with Gasteiger partial charge >= 0.3 is 11.9 Å². The molecule has 0 fully saturated rings. The van der Waals surface area contributed by atoms with Gasteiger partial charge in [0, 0.05) is 39.7 Å². The summed E-state index contributed by atoms with van der Waals surface area (Å²) in [6, 6.07) is 27.0.